The van der Waals surface area contributed by atoms with Gasteiger partial charge in [0.05, 0.1) is 18.8 Å². The average Bonchev–Trinajstić information content (AvgIpc) is 3.19. The maximum Gasteiger partial charge on any atom is 0.411 e. The van der Waals surface area contributed by atoms with E-state index in [2.05, 4.69) is 57.9 Å². The number of hydrogen-bond donors (Lipinski definition) is 2. The minimum absolute atomic E-state index is 0.0781. The van der Waals surface area contributed by atoms with Crippen LogP contribution in [0.4, 0.5) is 15.3 Å². The molecule has 0 atom stereocenters. The Morgan fingerprint density at radius 3 is 1.75 bits per heavy atom. The van der Waals surface area contributed by atoms with Crippen LogP contribution in [0.15, 0.2) is 109 Å². The third-order valence-corrected chi connectivity index (χ3v) is 9.13. The number of ether oxygens (including phenoxy) is 2. The molecular weight excluding hydrogens is 661 g/mol. The smallest absolute Gasteiger partial charge is 0.411 e. The summed E-state index contributed by atoms with van der Waals surface area (Å²) in [6.45, 7) is 18.3. The van der Waals surface area contributed by atoms with E-state index in [0.717, 1.165) is 92.8 Å². The van der Waals surface area contributed by atoms with Crippen molar-refractivity contribution in [2.45, 2.75) is 85.4 Å². The molecule has 5 rings (SSSR count). The SMILES string of the molecule is C/C(Cc1ccccc1)=C(\C)NC(=O)OC1CCN(CC#CCN2CCC(OC(=O)Nc3ccccc3-c3ccccc3)CC2)CC1.C=CCC.CC. The summed E-state index contributed by atoms with van der Waals surface area (Å²) >= 11 is 0. The van der Waals surface area contributed by atoms with E-state index in [1.54, 1.807) is 0 Å². The second-order valence-electron chi connectivity index (χ2n) is 13.0. The number of allylic oxidation sites excluding steroid dienone is 3. The number of hydrogen-bond acceptors (Lipinski definition) is 6. The third-order valence-electron chi connectivity index (χ3n) is 9.13. The van der Waals surface area contributed by atoms with Crippen molar-refractivity contribution < 1.29 is 19.1 Å². The van der Waals surface area contributed by atoms with E-state index in [1.165, 1.54) is 5.56 Å². The van der Waals surface area contributed by atoms with Crippen molar-refractivity contribution in [3.63, 3.8) is 0 Å². The summed E-state index contributed by atoms with van der Waals surface area (Å²) in [5.74, 6) is 6.64. The molecule has 0 radical (unpaired) electrons. The number of piperidine rings is 2. The molecule has 2 amide bonds. The number of alkyl carbamates (subject to hydrolysis) is 1. The van der Waals surface area contributed by atoms with Crippen LogP contribution in [0.25, 0.3) is 11.1 Å². The summed E-state index contributed by atoms with van der Waals surface area (Å²) in [6.07, 6.45) is 5.97. The summed E-state index contributed by atoms with van der Waals surface area (Å²) in [4.78, 5) is 29.8. The quantitative estimate of drug-likeness (QED) is 0.160. The summed E-state index contributed by atoms with van der Waals surface area (Å²) in [5.41, 5.74) is 5.92. The van der Waals surface area contributed by atoms with Crippen LogP contribution in [-0.4, -0.2) is 73.5 Å². The van der Waals surface area contributed by atoms with Gasteiger partial charge in [-0.2, -0.15) is 0 Å². The Morgan fingerprint density at radius 1 is 0.755 bits per heavy atom. The predicted molar refractivity (Wildman–Crippen MR) is 219 cm³/mol. The molecule has 3 aromatic carbocycles. The first-order valence-electron chi connectivity index (χ1n) is 19.2. The normalized spacial score (nSPS) is 15.4. The van der Waals surface area contributed by atoms with Crippen LogP contribution >= 0.6 is 0 Å². The predicted octanol–water partition coefficient (Wildman–Crippen LogP) is 9.71. The van der Waals surface area contributed by atoms with E-state index >= 15 is 0 Å². The van der Waals surface area contributed by atoms with Gasteiger partial charge in [0.25, 0.3) is 0 Å². The molecule has 8 heteroatoms. The summed E-state index contributed by atoms with van der Waals surface area (Å²) in [6, 6.07) is 28.0. The van der Waals surface area contributed by atoms with Gasteiger partial charge in [0.15, 0.2) is 0 Å². The molecular formula is C45H60N4O4. The lowest BCUT2D eigenvalue weighted by Gasteiger charge is -2.31. The monoisotopic (exact) mass is 720 g/mol. The first-order valence-corrected chi connectivity index (χ1v) is 19.2. The van der Waals surface area contributed by atoms with Crippen LogP contribution in [-0.2, 0) is 15.9 Å². The van der Waals surface area contributed by atoms with Crippen LogP contribution in [0.2, 0.25) is 0 Å². The zero-order valence-corrected chi connectivity index (χ0v) is 32.5. The highest BCUT2D eigenvalue weighted by molar-refractivity contribution is 5.91. The zero-order valence-electron chi connectivity index (χ0n) is 32.5. The number of para-hydroxylation sites is 1. The highest BCUT2D eigenvalue weighted by atomic mass is 16.6. The Kier molecular flexibility index (Phi) is 19.6. The molecule has 2 N–H and O–H groups in total. The number of carbonyl (C=O) groups excluding carboxylic acids is 2. The number of amides is 2. The molecule has 3 aromatic rings. The fraction of sp³-hybridized carbons (Fsp3) is 0.422. The van der Waals surface area contributed by atoms with Gasteiger partial charge in [-0.3, -0.25) is 20.4 Å². The maximum atomic E-state index is 12.7. The van der Waals surface area contributed by atoms with Crippen molar-refractivity contribution in [2.24, 2.45) is 0 Å². The number of anilines is 1. The first kappa shape index (κ1) is 42.6. The lowest BCUT2D eigenvalue weighted by Crippen LogP contribution is -2.40. The lowest BCUT2D eigenvalue weighted by atomic mass is 10.0. The molecule has 0 bridgehead atoms. The average molecular weight is 721 g/mol. The molecule has 2 aliphatic rings. The van der Waals surface area contributed by atoms with E-state index in [-0.39, 0.29) is 18.3 Å². The molecule has 2 aliphatic heterocycles. The molecule has 2 fully saturated rings. The lowest BCUT2D eigenvalue weighted by molar-refractivity contribution is 0.0555. The standard InChI is InChI=1S/C39H46N4O4.C4H8.C2H6/c1-30(29-32-13-5-3-6-14-32)31(2)40-38(44)46-34-19-25-42(26-20-34)23-11-12-24-43-27-21-35(22-28-43)47-39(45)41-37-18-10-9-17-36(37)33-15-7-4-8-16-33;1-3-4-2;1-2/h3-10,13-18,34-35H,19-29H2,1-2H3,(H,40,44)(H,41,45);3H,1,4H2,2H3;1-2H3/b31-30-;;. The van der Waals surface area contributed by atoms with E-state index in [0.29, 0.717) is 13.1 Å². The zero-order chi connectivity index (χ0) is 38.3. The summed E-state index contributed by atoms with van der Waals surface area (Å²) < 4.78 is 11.5. The number of nitrogens with one attached hydrogen (secondary N) is 2. The molecule has 53 heavy (non-hydrogen) atoms. The number of rotatable bonds is 10. The number of likely N-dealkylation sites (tertiary alicyclic amines) is 2. The highest BCUT2D eigenvalue weighted by Gasteiger charge is 2.23. The van der Waals surface area contributed by atoms with Crippen molar-refractivity contribution in [2.75, 3.05) is 44.6 Å². The van der Waals surface area contributed by atoms with Crippen molar-refractivity contribution in [3.05, 3.63) is 114 Å². The molecule has 2 saturated heterocycles. The van der Waals surface area contributed by atoms with Gasteiger partial charge < -0.3 is 9.47 Å². The van der Waals surface area contributed by atoms with Crippen LogP contribution in [0.5, 0.6) is 0 Å². The summed E-state index contributed by atoms with van der Waals surface area (Å²) in [5, 5.41) is 5.85. The fourth-order valence-corrected chi connectivity index (χ4v) is 5.93. The van der Waals surface area contributed by atoms with Gasteiger partial charge in [-0.15, -0.1) is 6.58 Å². The number of nitrogens with zero attached hydrogens (tertiary/aromatic N) is 2. The maximum absolute atomic E-state index is 12.7. The Labute approximate surface area is 318 Å². The second kappa shape index (κ2) is 24.4. The molecule has 8 nitrogen and oxygen atoms in total. The van der Waals surface area contributed by atoms with Gasteiger partial charge in [-0.25, -0.2) is 9.59 Å². The van der Waals surface area contributed by atoms with Gasteiger partial charge in [-0.1, -0.05) is 118 Å². The van der Waals surface area contributed by atoms with Gasteiger partial charge in [0, 0.05) is 37.4 Å². The fourth-order valence-electron chi connectivity index (χ4n) is 5.93. The van der Waals surface area contributed by atoms with Gasteiger partial charge in [0.2, 0.25) is 0 Å². The Hall–Kier alpha value is -4.84. The van der Waals surface area contributed by atoms with Gasteiger partial charge in [-0.05, 0) is 75.1 Å². The van der Waals surface area contributed by atoms with Crippen molar-refractivity contribution in [1.82, 2.24) is 15.1 Å². The largest absolute Gasteiger partial charge is 0.446 e. The Bertz CT molecular complexity index is 1610. The van der Waals surface area contributed by atoms with Crippen LogP contribution in [0.3, 0.4) is 0 Å². The molecule has 0 unspecified atom stereocenters. The Balaban J connectivity index is 0.00000118. The third kappa shape index (κ3) is 15.7. The topological polar surface area (TPSA) is 83.1 Å². The highest BCUT2D eigenvalue weighted by Crippen LogP contribution is 2.28. The van der Waals surface area contributed by atoms with Crippen LogP contribution in [0, 0.1) is 11.8 Å². The second-order valence-corrected chi connectivity index (χ2v) is 13.0. The molecule has 0 aromatic heterocycles. The van der Waals surface area contributed by atoms with Crippen LogP contribution < -0.4 is 10.6 Å². The van der Waals surface area contributed by atoms with Crippen LogP contribution in [0.1, 0.15) is 72.3 Å². The minimum atomic E-state index is -0.415. The Morgan fingerprint density at radius 2 is 1.23 bits per heavy atom. The van der Waals surface area contributed by atoms with Crippen molar-refractivity contribution in [1.29, 1.82) is 0 Å². The van der Waals surface area contributed by atoms with Gasteiger partial charge in [0.1, 0.15) is 12.2 Å². The molecule has 0 saturated carbocycles. The van der Waals surface area contributed by atoms with Gasteiger partial charge >= 0.3 is 12.2 Å². The minimum Gasteiger partial charge on any atom is -0.446 e. The van der Waals surface area contributed by atoms with Crippen molar-refractivity contribution >= 4 is 17.9 Å². The first-order chi connectivity index (χ1) is 25.8. The number of carbonyl (C=O) groups is 2. The number of benzene rings is 3. The van der Waals surface area contributed by atoms with E-state index in [1.807, 2.05) is 107 Å². The van der Waals surface area contributed by atoms with E-state index in [9.17, 15) is 9.59 Å². The molecule has 284 valence electrons. The van der Waals surface area contributed by atoms with E-state index in [4.69, 9.17) is 9.47 Å². The molecule has 2 heterocycles. The van der Waals surface area contributed by atoms with E-state index < -0.39 is 6.09 Å². The molecule has 0 spiro atoms. The summed E-state index contributed by atoms with van der Waals surface area (Å²) in [7, 11) is 0. The molecule has 0 aliphatic carbocycles. The van der Waals surface area contributed by atoms with Crippen molar-refractivity contribution in [3.8, 4) is 23.0 Å².